The molecule has 3 amide bonds. The molecule has 4 aliphatic rings. The smallest absolute Gasteiger partial charge is 0.320 e. The van der Waals surface area contributed by atoms with E-state index in [1.165, 1.54) is 18.4 Å². The number of carbonyl (C=O) groups excluding carboxylic acids is 2. The van der Waals surface area contributed by atoms with Gasteiger partial charge in [-0.15, -0.1) is 0 Å². The van der Waals surface area contributed by atoms with Crippen LogP contribution in [0.5, 0.6) is 0 Å². The Labute approximate surface area is 227 Å². The molecule has 2 aromatic carbocycles. The zero-order chi connectivity index (χ0) is 26.3. The summed E-state index contributed by atoms with van der Waals surface area (Å²) in [6, 6.07) is 21.0. The van der Waals surface area contributed by atoms with Gasteiger partial charge in [0, 0.05) is 43.3 Å². The Bertz CT molecular complexity index is 1130. The maximum Gasteiger partial charge on any atom is 0.320 e. The summed E-state index contributed by atoms with van der Waals surface area (Å²) < 4.78 is 0. The lowest BCUT2D eigenvalue weighted by Gasteiger charge is -2.51. The maximum absolute atomic E-state index is 14.0. The van der Waals surface area contributed by atoms with Crippen LogP contribution in [0.3, 0.4) is 0 Å². The lowest BCUT2D eigenvalue weighted by atomic mass is 9.68. The first-order valence-corrected chi connectivity index (χ1v) is 14.6. The Kier molecular flexibility index (Phi) is 6.71. The number of hydrogen-bond donors (Lipinski definition) is 0. The number of piperidine rings is 1. The largest absolute Gasteiger partial charge is 0.338 e. The molecule has 2 saturated heterocycles. The number of amides is 3. The third-order valence-electron chi connectivity index (χ3n) is 10.0. The van der Waals surface area contributed by atoms with E-state index in [-0.39, 0.29) is 29.1 Å². The van der Waals surface area contributed by atoms with Crippen LogP contribution in [0.1, 0.15) is 67.3 Å². The van der Waals surface area contributed by atoms with E-state index in [0.29, 0.717) is 5.92 Å². The van der Waals surface area contributed by atoms with Crippen molar-refractivity contribution in [1.82, 2.24) is 19.6 Å². The second-order valence-electron chi connectivity index (χ2n) is 12.4. The summed E-state index contributed by atoms with van der Waals surface area (Å²) >= 11 is 0. The van der Waals surface area contributed by atoms with Crippen LogP contribution in [0, 0.1) is 5.92 Å². The van der Waals surface area contributed by atoms with Crippen LogP contribution in [0.15, 0.2) is 60.7 Å². The van der Waals surface area contributed by atoms with Gasteiger partial charge in [0.15, 0.2) is 0 Å². The molecular formula is C32H42N4O2. The Balaban J connectivity index is 1.17. The number of benzene rings is 2. The van der Waals surface area contributed by atoms with Crippen molar-refractivity contribution in [3.63, 3.8) is 0 Å². The van der Waals surface area contributed by atoms with Gasteiger partial charge in [0.05, 0.1) is 5.54 Å². The minimum Gasteiger partial charge on any atom is -0.338 e. The van der Waals surface area contributed by atoms with Crippen molar-refractivity contribution in [2.45, 2.75) is 68.5 Å². The minimum atomic E-state index is -0.0645. The first-order valence-electron chi connectivity index (χ1n) is 14.6. The SMILES string of the molecule is CN(C)C1(c2ccccc2)CCC2(CC1)CN(C1CCN(C(=O)c3ccccc3)CC1)C(=O)N2CC1CC1. The second kappa shape index (κ2) is 10.0. The summed E-state index contributed by atoms with van der Waals surface area (Å²) in [6.07, 6.45) is 8.46. The van der Waals surface area contributed by atoms with Crippen LogP contribution in [0.25, 0.3) is 0 Å². The molecule has 2 heterocycles. The van der Waals surface area contributed by atoms with Crippen LogP contribution in [-0.2, 0) is 5.54 Å². The minimum absolute atomic E-state index is 0.0252. The van der Waals surface area contributed by atoms with Crippen LogP contribution in [0.2, 0.25) is 0 Å². The van der Waals surface area contributed by atoms with Gasteiger partial charge in [-0.05, 0) is 89.1 Å². The molecule has 38 heavy (non-hydrogen) atoms. The van der Waals surface area contributed by atoms with Crippen LogP contribution in [0.4, 0.5) is 4.79 Å². The number of hydrogen-bond acceptors (Lipinski definition) is 3. The van der Waals surface area contributed by atoms with Gasteiger partial charge >= 0.3 is 6.03 Å². The fourth-order valence-electron chi connectivity index (χ4n) is 7.39. The van der Waals surface area contributed by atoms with Crippen molar-refractivity contribution in [2.24, 2.45) is 5.92 Å². The van der Waals surface area contributed by atoms with Crippen molar-refractivity contribution in [3.8, 4) is 0 Å². The lowest BCUT2D eigenvalue weighted by molar-refractivity contribution is 0.0221. The predicted molar refractivity (Wildman–Crippen MR) is 150 cm³/mol. The Morgan fingerprint density at radius 2 is 1.47 bits per heavy atom. The van der Waals surface area contributed by atoms with Gasteiger partial charge in [-0.2, -0.15) is 0 Å². The summed E-state index contributed by atoms with van der Waals surface area (Å²) in [5, 5.41) is 0. The molecular weight excluding hydrogens is 472 g/mol. The maximum atomic E-state index is 14.0. The van der Waals surface area contributed by atoms with E-state index in [0.717, 1.165) is 70.3 Å². The normalized spacial score (nSPS) is 28.5. The van der Waals surface area contributed by atoms with Gasteiger partial charge in [0.2, 0.25) is 0 Å². The molecule has 2 aliphatic carbocycles. The molecule has 6 rings (SSSR count). The van der Waals surface area contributed by atoms with Gasteiger partial charge < -0.3 is 14.7 Å². The van der Waals surface area contributed by atoms with Gasteiger partial charge in [-0.1, -0.05) is 48.5 Å². The van der Waals surface area contributed by atoms with Crippen LogP contribution >= 0.6 is 0 Å². The Morgan fingerprint density at radius 3 is 2.05 bits per heavy atom. The van der Waals surface area contributed by atoms with Crippen LogP contribution < -0.4 is 0 Å². The highest BCUT2D eigenvalue weighted by Gasteiger charge is 2.56. The van der Waals surface area contributed by atoms with Crippen molar-refractivity contribution >= 4 is 11.9 Å². The summed E-state index contributed by atoms with van der Waals surface area (Å²) in [4.78, 5) is 35.9. The van der Waals surface area contributed by atoms with E-state index < -0.39 is 0 Å². The Morgan fingerprint density at radius 1 is 0.868 bits per heavy atom. The predicted octanol–water partition coefficient (Wildman–Crippen LogP) is 5.21. The molecule has 6 nitrogen and oxygen atoms in total. The second-order valence-corrected chi connectivity index (χ2v) is 12.4. The highest BCUT2D eigenvalue weighted by atomic mass is 16.2. The van der Waals surface area contributed by atoms with E-state index in [9.17, 15) is 9.59 Å². The fraction of sp³-hybridized carbons (Fsp3) is 0.562. The number of carbonyl (C=O) groups is 2. The molecule has 4 fully saturated rings. The quantitative estimate of drug-likeness (QED) is 0.532. The molecule has 0 N–H and O–H groups in total. The molecule has 0 atom stereocenters. The summed E-state index contributed by atoms with van der Waals surface area (Å²) in [5.41, 5.74) is 2.11. The first-order chi connectivity index (χ1) is 18.4. The zero-order valence-corrected chi connectivity index (χ0v) is 23.0. The number of nitrogens with zero attached hydrogens (tertiary/aromatic N) is 4. The molecule has 202 valence electrons. The average Bonchev–Trinajstić information content (AvgIpc) is 3.75. The topological polar surface area (TPSA) is 47.1 Å². The third kappa shape index (κ3) is 4.51. The number of urea groups is 1. The summed E-state index contributed by atoms with van der Waals surface area (Å²) in [6.45, 7) is 3.19. The average molecular weight is 515 g/mol. The number of likely N-dealkylation sites (tertiary alicyclic amines) is 1. The van der Waals surface area contributed by atoms with Crippen molar-refractivity contribution in [2.75, 3.05) is 40.3 Å². The van der Waals surface area contributed by atoms with Gasteiger partial charge in [-0.3, -0.25) is 9.69 Å². The van der Waals surface area contributed by atoms with Crippen molar-refractivity contribution in [1.29, 1.82) is 0 Å². The third-order valence-corrected chi connectivity index (χ3v) is 10.0. The van der Waals surface area contributed by atoms with Gasteiger partial charge in [-0.25, -0.2) is 4.79 Å². The van der Waals surface area contributed by atoms with E-state index in [4.69, 9.17) is 0 Å². The monoisotopic (exact) mass is 514 g/mol. The molecule has 2 aromatic rings. The van der Waals surface area contributed by atoms with Gasteiger partial charge in [0.1, 0.15) is 0 Å². The molecule has 6 heteroatoms. The lowest BCUT2D eigenvalue weighted by Crippen LogP contribution is -2.55. The highest BCUT2D eigenvalue weighted by molar-refractivity contribution is 5.94. The van der Waals surface area contributed by atoms with E-state index in [1.54, 1.807) is 0 Å². The standard InChI is InChI=1S/C32H42N4O2/c1-33(2)32(27-11-7-4-8-12-27)19-17-31(18-20-32)24-35(30(38)36(31)23-25-13-14-25)28-15-21-34(22-16-28)29(37)26-9-5-3-6-10-26/h3-12,25,28H,13-24H2,1-2H3. The van der Waals surface area contributed by atoms with Gasteiger partial charge in [0.25, 0.3) is 5.91 Å². The summed E-state index contributed by atoms with van der Waals surface area (Å²) in [5.74, 6) is 0.785. The Hall–Kier alpha value is -2.86. The zero-order valence-electron chi connectivity index (χ0n) is 23.0. The number of rotatable bonds is 6. The molecule has 2 aliphatic heterocycles. The summed E-state index contributed by atoms with van der Waals surface area (Å²) in [7, 11) is 4.42. The van der Waals surface area contributed by atoms with Crippen molar-refractivity contribution < 1.29 is 9.59 Å². The molecule has 2 saturated carbocycles. The van der Waals surface area contributed by atoms with E-state index in [2.05, 4.69) is 59.1 Å². The van der Waals surface area contributed by atoms with E-state index >= 15 is 0 Å². The van der Waals surface area contributed by atoms with Crippen LogP contribution in [-0.4, -0.2) is 83.4 Å². The first kappa shape index (κ1) is 25.4. The fourth-order valence-corrected chi connectivity index (χ4v) is 7.39. The molecule has 1 spiro atoms. The molecule has 0 unspecified atom stereocenters. The van der Waals surface area contributed by atoms with E-state index in [1.807, 2.05) is 35.2 Å². The molecule has 0 bridgehead atoms. The molecule has 0 radical (unpaired) electrons. The highest BCUT2D eigenvalue weighted by Crippen LogP contribution is 2.50. The molecule has 0 aromatic heterocycles. The van der Waals surface area contributed by atoms with Crippen molar-refractivity contribution in [3.05, 3.63) is 71.8 Å².